The van der Waals surface area contributed by atoms with Crippen molar-refractivity contribution in [3.05, 3.63) is 0 Å². The average Bonchev–Trinajstić information content (AvgIpc) is 2.44. The lowest BCUT2D eigenvalue weighted by Crippen LogP contribution is -2.50. The van der Waals surface area contributed by atoms with E-state index in [2.05, 4.69) is 34.4 Å². The summed E-state index contributed by atoms with van der Waals surface area (Å²) in [5.41, 5.74) is 0. The third kappa shape index (κ3) is 7.43. The van der Waals surface area contributed by atoms with Crippen LogP contribution in [0.2, 0.25) is 0 Å². The molecule has 0 aromatic rings. The average molecular weight is 474 g/mol. The molecule has 0 spiro atoms. The second-order valence-corrected chi connectivity index (χ2v) is 9.92. The van der Waals surface area contributed by atoms with Crippen LogP contribution < -0.4 is 10.6 Å². The SMILES string of the molecule is CCNC(=NCC(C)(C)S(C)(=O)=O)NC1CCN(C(C)C)CC1.I. The molecule has 1 rings (SSSR count). The van der Waals surface area contributed by atoms with Crippen molar-refractivity contribution in [2.45, 2.75) is 64.3 Å². The number of nitrogens with one attached hydrogen (secondary N) is 2. The van der Waals surface area contributed by atoms with Gasteiger partial charge >= 0.3 is 0 Å². The molecule has 0 aromatic heterocycles. The van der Waals surface area contributed by atoms with Gasteiger partial charge in [0.1, 0.15) is 0 Å². The summed E-state index contributed by atoms with van der Waals surface area (Å²) in [5.74, 6) is 0.715. The van der Waals surface area contributed by atoms with Crippen LogP contribution in [-0.2, 0) is 9.84 Å². The Hall–Kier alpha value is -0.0900. The standard InChI is InChI=1S/C16H34N4O2S.HI/c1-7-17-15(18-12-16(4,5)23(6,21)22)19-14-8-10-20(11-9-14)13(2)3;/h13-14H,7-12H2,1-6H3,(H2,17,18,19);1H. The van der Waals surface area contributed by atoms with E-state index in [1.165, 1.54) is 6.26 Å². The molecule has 0 radical (unpaired) electrons. The van der Waals surface area contributed by atoms with Crippen molar-refractivity contribution in [3.63, 3.8) is 0 Å². The van der Waals surface area contributed by atoms with Gasteiger partial charge in [-0.3, -0.25) is 4.99 Å². The second kappa shape index (κ2) is 10.2. The van der Waals surface area contributed by atoms with Crippen LogP contribution in [0.25, 0.3) is 0 Å². The quantitative estimate of drug-likeness (QED) is 0.349. The van der Waals surface area contributed by atoms with E-state index in [-0.39, 0.29) is 30.5 Å². The molecule has 1 aliphatic heterocycles. The topological polar surface area (TPSA) is 73.8 Å². The van der Waals surface area contributed by atoms with Gasteiger partial charge in [-0.1, -0.05) is 0 Å². The van der Waals surface area contributed by atoms with Gasteiger partial charge in [0, 0.05) is 38.0 Å². The van der Waals surface area contributed by atoms with Crippen molar-refractivity contribution in [1.29, 1.82) is 0 Å². The number of sulfone groups is 1. The first-order valence-corrected chi connectivity index (χ1v) is 10.4. The molecule has 2 N–H and O–H groups in total. The fourth-order valence-corrected chi connectivity index (χ4v) is 2.76. The van der Waals surface area contributed by atoms with Crippen molar-refractivity contribution in [2.75, 3.05) is 32.4 Å². The van der Waals surface area contributed by atoms with Gasteiger partial charge in [0.2, 0.25) is 0 Å². The monoisotopic (exact) mass is 474 g/mol. The molecule has 8 heteroatoms. The number of hydrogen-bond acceptors (Lipinski definition) is 4. The summed E-state index contributed by atoms with van der Waals surface area (Å²) in [7, 11) is -3.13. The van der Waals surface area contributed by atoms with E-state index in [4.69, 9.17) is 0 Å². The predicted octanol–water partition coefficient (Wildman–Crippen LogP) is 1.86. The van der Waals surface area contributed by atoms with Gasteiger partial charge in [-0.25, -0.2) is 8.42 Å². The van der Waals surface area contributed by atoms with E-state index in [0.717, 1.165) is 32.5 Å². The maximum absolute atomic E-state index is 11.8. The summed E-state index contributed by atoms with van der Waals surface area (Å²) in [6.07, 6.45) is 3.43. The predicted molar refractivity (Wildman–Crippen MR) is 113 cm³/mol. The minimum absolute atomic E-state index is 0. The highest BCUT2D eigenvalue weighted by Crippen LogP contribution is 2.16. The number of likely N-dealkylation sites (tertiary alicyclic amines) is 1. The van der Waals surface area contributed by atoms with Crippen molar-refractivity contribution < 1.29 is 8.42 Å². The zero-order valence-corrected chi connectivity index (χ0v) is 19.1. The molecule has 24 heavy (non-hydrogen) atoms. The number of aliphatic imine (C=N–C) groups is 1. The maximum atomic E-state index is 11.8. The molecule has 0 bridgehead atoms. The molecular formula is C16H35IN4O2S. The lowest BCUT2D eigenvalue weighted by molar-refractivity contribution is 0.167. The molecule has 1 fully saturated rings. The highest BCUT2D eigenvalue weighted by molar-refractivity contribution is 14.0. The summed E-state index contributed by atoms with van der Waals surface area (Å²) in [4.78, 5) is 6.98. The minimum Gasteiger partial charge on any atom is -0.357 e. The Labute approximate surface area is 165 Å². The molecule has 6 nitrogen and oxygen atoms in total. The van der Waals surface area contributed by atoms with Crippen molar-refractivity contribution in [2.24, 2.45) is 4.99 Å². The fraction of sp³-hybridized carbons (Fsp3) is 0.938. The molecule has 0 aliphatic carbocycles. The molecule has 1 aliphatic rings. The van der Waals surface area contributed by atoms with Gasteiger partial charge in [-0.2, -0.15) is 0 Å². The number of guanidine groups is 1. The van der Waals surface area contributed by atoms with Gasteiger partial charge in [0.05, 0.1) is 11.3 Å². The number of hydrogen-bond donors (Lipinski definition) is 2. The highest BCUT2D eigenvalue weighted by Gasteiger charge is 2.30. The Morgan fingerprint density at radius 3 is 2.25 bits per heavy atom. The van der Waals surface area contributed by atoms with E-state index >= 15 is 0 Å². The van der Waals surface area contributed by atoms with Crippen LogP contribution in [0.3, 0.4) is 0 Å². The summed E-state index contributed by atoms with van der Waals surface area (Å²) in [5, 5.41) is 6.68. The van der Waals surface area contributed by atoms with Crippen LogP contribution in [0.15, 0.2) is 4.99 Å². The van der Waals surface area contributed by atoms with E-state index in [1.54, 1.807) is 13.8 Å². The Morgan fingerprint density at radius 1 is 1.29 bits per heavy atom. The number of halogens is 1. The van der Waals surface area contributed by atoms with Gasteiger partial charge in [0.15, 0.2) is 15.8 Å². The van der Waals surface area contributed by atoms with E-state index in [1.807, 2.05) is 6.92 Å². The van der Waals surface area contributed by atoms with Crippen LogP contribution in [0.4, 0.5) is 0 Å². The first kappa shape index (κ1) is 23.9. The van der Waals surface area contributed by atoms with Gasteiger partial charge in [-0.15, -0.1) is 24.0 Å². The minimum atomic E-state index is -3.13. The third-order valence-electron chi connectivity index (χ3n) is 4.57. The highest BCUT2D eigenvalue weighted by atomic mass is 127. The van der Waals surface area contributed by atoms with Crippen molar-refractivity contribution in [3.8, 4) is 0 Å². The third-order valence-corrected chi connectivity index (χ3v) is 6.70. The van der Waals surface area contributed by atoms with Gasteiger partial charge in [-0.05, 0) is 47.5 Å². The lowest BCUT2D eigenvalue weighted by atomic mass is 10.0. The summed E-state index contributed by atoms with van der Waals surface area (Å²) in [6.45, 7) is 13.1. The van der Waals surface area contributed by atoms with Crippen LogP contribution in [0.1, 0.15) is 47.5 Å². The lowest BCUT2D eigenvalue weighted by Gasteiger charge is -2.35. The molecular weight excluding hydrogens is 439 g/mol. The smallest absolute Gasteiger partial charge is 0.191 e. The van der Waals surface area contributed by atoms with E-state index in [0.29, 0.717) is 18.0 Å². The zero-order chi connectivity index (χ0) is 17.7. The van der Waals surface area contributed by atoms with E-state index < -0.39 is 14.6 Å². The Balaban J connectivity index is 0.00000529. The van der Waals surface area contributed by atoms with Crippen LogP contribution in [0.5, 0.6) is 0 Å². The molecule has 1 saturated heterocycles. The number of piperidine rings is 1. The van der Waals surface area contributed by atoms with Crippen LogP contribution in [0, 0.1) is 0 Å². The molecule has 0 amide bonds. The Bertz CT molecular complexity index is 498. The molecule has 0 saturated carbocycles. The van der Waals surface area contributed by atoms with E-state index in [9.17, 15) is 8.42 Å². The van der Waals surface area contributed by atoms with Gasteiger partial charge < -0.3 is 15.5 Å². The first-order chi connectivity index (χ1) is 10.6. The Kier molecular flexibility index (Phi) is 10.1. The van der Waals surface area contributed by atoms with Crippen molar-refractivity contribution in [1.82, 2.24) is 15.5 Å². The van der Waals surface area contributed by atoms with Crippen molar-refractivity contribution >= 4 is 39.8 Å². The first-order valence-electron chi connectivity index (χ1n) is 8.55. The summed E-state index contributed by atoms with van der Waals surface area (Å²) >= 11 is 0. The number of rotatable bonds is 6. The molecule has 0 aromatic carbocycles. The molecule has 1 heterocycles. The normalized spacial score (nSPS) is 18.4. The van der Waals surface area contributed by atoms with Crippen LogP contribution >= 0.6 is 24.0 Å². The fourth-order valence-electron chi connectivity index (χ4n) is 2.46. The second-order valence-electron chi connectivity index (χ2n) is 7.28. The molecule has 0 unspecified atom stereocenters. The Morgan fingerprint density at radius 2 is 1.83 bits per heavy atom. The number of nitrogens with zero attached hydrogens (tertiary/aromatic N) is 2. The maximum Gasteiger partial charge on any atom is 0.191 e. The zero-order valence-electron chi connectivity index (χ0n) is 15.9. The van der Waals surface area contributed by atoms with Gasteiger partial charge in [0.25, 0.3) is 0 Å². The summed E-state index contributed by atoms with van der Waals surface area (Å²) < 4.78 is 22.7. The molecule has 144 valence electrons. The largest absolute Gasteiger partial charge is 0.357 e. The molecule has 0 atom stereocenters. The summed E-state index contributed by atoms with van der Waals surface area (Å²) in [6, 6.07) is 0.984. The van der Waals surface area contributed by atoms with Crippen LogP contribution in [-0.4, -0.2) is 68.5 Å².